The second-order valence-electron chi connectivity index (χ2n) is 6.85. The first-order chi connectivity index (χ1) is 12.6. The maximum Gasteiger partial charge on any atom is 0.259 e. The van der Waals surface area contributed by atoms with Gasteiger partial charge in [0.1, 0.15) is 5.75 Å². The molecule has 3 aromatic rings. The molecule has 6 nitrogen and oxygen atoms in total. The highest BCUT2D eigenvalue weighted by molar-refractivity contribution is 6.08. The van der Waals surface area contributed by atoms with E-state index in [9.17, 15) is 4.79 Å². The summed E-state index contributed by atoms with van der Waals surface area (Å²) in [7, 11) is 1.64. The fraction of sp³-hybridized carbons (Fsp3) is 0.350. The van der Waals surface area contributed by atoms with Gasteiger partial charge < -0.3 is 9.64 Å². The third kappa shape index (κ3) is 2.62. The zero-order chi connectivity index (χ0) is 18.3. The third-order valence-electron chi connectivity index (χ3n) is 4.81. The maximum atomic E-state index is 13.2. The summed E-state index contributed by atoms with van der Waals surface area (Å²) in [6.07, 6.45) is 5.31. The Labute approximate surface area is 152 Å². The zero-order valence-electron chi connectivity index (χ0n) is 15.3. The van der Waals surface area contributed by atoms with Gasteiger partial charge in [-0.25, -0.2) is 9.67 Å². The topological polar surface area (TPSA) is 60.2 Å². The Morgan fingerprint density at radius 1 is 1.27 bits per heavy atom. The van der Waals surface area contributed by atoms with Crippen molar-refractivity contribution in [2.75, 3.05) is 18.6 Å². The minimum absolute atomic E-state index is 0.0536. The number of para-hydroxylation sites is 1. The number of methoxy groups -OCH3 is 1. The first-order valence-electron chi connectivity index (χ1n) is 8.91. The second kappa shape index (κ2) is 6.44. The van der Waals surface area contributed by atoms with Crippen LogP contribution in [0.3, 0.4) is 0 Å². The number of benzene rings is 1. The lowest BCUT2D eigenvalue weighted by Crippen LogP contribution is -2.35. The van der Waals surface area contributed by atoms with E-state index in [0.29, 0.717) is 12.1 Å². The zero-order valence-corrected chi connectivity index (χ0v) is 15.3. The summed E-state index contributed by atoms with van der Waals surface area (Å²) in [6.45, 7) is 4.80. The number of pyridine rings is 1. The number of aromatic nitrogens is 3. The highest BCUT2D eigenvalue weighted by Gasteiger charge is 2.27. The molecule has 6 heteroatoms. The van der Waals surface area contributed by atoms with E-state index in [-0.39, 0.29) is 11.9 Å². The quantitative estimate of drug-likeness (QED) is 0.724. The lowest BCUT2D eigenvalue weighted by molar-refractivity contribution is 0.0984. The van der Waals surface area contributed by atoms with Gasteiger partial charge in [0.25, 0.3) is 5.91 Å². The maximum absolute atomic E-state index is 13.2. The lowest BCUT2D eigenvalue weighted by Gasteiger charge is -2.31. The molecule has 3 heterocycles. The van der Waals surface area contributed by atoms with Gasteiger partial charge in [0.05, 0.1) is 24.6 Å². The van der Waals surface area contributed by atoms with E-state index in [1.807, 2.05) is 27.8 Å². The Morgan fingerprint density at radius 2 is 2.12 bits per heavy atom. The molecule has 1 aliphatic heterocycles. The number of ether oxygens (including phenoxy) is 1. The van der Waals surface area contributed by atoms with Crippen molar-refractivity contribution in [1.29, 1.82) is 0 Å². The Hall–Kier alpha value is -2.89. The molecule has 1 aliphatic rings. The predicted octanol–water partition coefficient (Wildman–Crippen LogP) is 3.61. The largest absolute Gasteiger partial charge is 0.495 e. The highest BCUT2D eigenvalue weighted by Crippen LogP contribution is 2.37. The fourth-order valence-electron chi connectivity index (χ4n) is 3.57. The van der Waals surface area contributed by atoms with E-state index in [4.69, 9.17) is 4.74 Å². The van der Waals surface area contributed by atoms with Gasteiger partial charge >= 0.3 is 0 Å². The molecule has 1 aromatic carbocycles. The number of anilines is 1. The molecular weight excluding hydrogens is 328 g/mol. The van der Waals surface area contributed by atoms with E-state index in [1.54, 1.807) is 19.5 Å². The molecule has 1 amide bonds. The number of carbonyl (C=O) groups excluding carboxylic acids is 1. The number of nitrogens with zero attached hydrogens (tertiary/aromatic N) is 4. The van der Waals surface area contributed by atoms with E-state index in [0.717, 1.165) is 40.9 Å². The van der Waals surface area contributed by atoms with Gasteiger partial charge in [0.2, 0.25) is 0 Å². The Balaban J connectivity index is 1.74. The minimum atomic E-state index is -0.0536. The van der Waals surface area contributed by atoms with Gasteiger partial charge in [-0.15, -0.1) is 0 Å². The van der Waals surface area contributed by atoms with Crippen molar-refractivity contribution in [2.45, 2.75) is 32.7 Å². The summed E-state index contributed by atoms with van der Waals surface area (Å²) < 4.78 is 7.37. The molecule has 0 bridgehead atoms. The molecule has 0 saturated heterocycles. The molecule has 0 N–H and O–H groups in total. The molecule has 0 atom stereocenters. The minimum Gasteiger partial charge on any atom is -0.495 e. The number of aryl methyl sites for hydroxylation is 1. The number of hydrogen-bond donors (Lipinski definition) is 0. The Morgan fingerprint density at radius 3 is 2.88 bits per heavy atom. The molecular formula is C20H22N4O2. The van der Waals surface area contributed by atoms with Gasteiger partial charge in [-0.2, -0.15) is 5.10 Å². The van der Waals surface area contributed by atoms with E-state index >= 15 is 0 Å². The standard InChI is InChI=1S/C20H22N4O2/c1-13(2)24-19-15(12-22-24)10-16(11-21-19)20(25)23-9-5-7-14-6-4-8-17(26-3)18(14)23/h4,6,8,10-13H,5,7,9H2,1-3H3. The highest BCUT2D eigenvalue weighted by atomic mass is 16.5. The molecule has 4 rings (SSSR count). The van der Waals surface area contributed by atoms with Crippen LogP contribution in [-0.4, -0.2) is 34.3 Å². The smallest absolute Gasteiger partial charge is 0.259 e. The number of fused-ring (bicyclic) bond motifs is 2. The fourth-order valence-corrected chi connectivity index (χ4v) is 3.57. The van der Waals surface area contributed by atoms with Crippen molar-refractivity contribution in [3.63, 3.8) is 0 Å². The summed E-state index contributed by atoms with van der Waals surface area (Å²) in [5, 5.41) is 5.26. The molecule has 0 saturated carbocycles. The van der Waals surface area contributed by atoms with E-state index in [2.05, 4.69) is 30.0 Å². The molecule has 134 valence electrons. The van der Waals surface area contributed by atoms with Crippen molar-refractivity contribution in [3.05, 3.63) is 47.8 Å². The van der Waals surface area contributed by atoms with Crippen LogP contribution in [0.5, 0.6) is 5.75 Å². The van der Waals surface area contributed by atoms with Crippen LogP contribution in [0.15, 0.2) is 36.7 Å². The van der Waals surface area contributed by atoms with Gasteiger partial charge in [0, 0.05) is 24.2 Å². The number of hydrogen-bond acceptors (Lipinski definition) is 4. The number of carbonyl (C=O) groups is 1. The van der Waals surface area contributed by atoms with Crippen LogP contribution in [0.25, 0.3) is 11.0 Å². The lowest BCUT2D eigenvalue weighted by atomic mass is 10.00. The Kier molecular flexibility index (Phi) is 4.11. The molecule has 0 radical (unpaired) electrons. The van der Waals surface area contributed by atoms with Crippen molar-refractivity contribution >= 4 is 22.6 Å². The van der Waals surface area contributed by atoms with Crippen LogP contribution in [-0.2, 0) is 6.42 Å². The molecule has 0 fully saturated rings. The first kappa shape index (κ1) is 16.6. The number of rotatable bonds is 3. The SMILES string of the molecule is COc1cccc2c1N(C(=O)c1cnc3c(cnn3C(C)C)c1)CCC2. The summed E-state index contributed by atoms with van der Waals surface area (Å²) in [6, 6.07) is 8.03. The van der Waals surface area contributed by atoms with Crippen molar-refractivity contribution in [3.8, 4) is 5.75 Å². The average Bonchev–Trinajstić information content (AvgIpc) is 3.10. The number of amides is 1. The molecule has 0 aliphatic carbocycles. The summed E-state index contributed by atoms with van der Waals surface area (Å²) in [4.78, 5) is 19.5. The van der Waals surface area contributed by atoms with Crippen LogP contribution >= 0.6 is 0 Å². The van der Waals surface area contributed by atoms with Crippen LogP contribution in [0.1, 0.15) is 42.2 Å². The van der Waals surface area contributed by atoms with Crippen LogP contribution in [0, 0.1) is 0 Å². The summed E-state index contributed by atoms with van der Waals surface area (Å²) in [5.41, 5.74) is 3.39. The monoisotopic (exact) mass is 350 g/mol. The van der Waals surface area contributed by atoms with Crippen LogP contribution < -0.4 is 9.64 Å². The summed E-state index contributed by atoms with van der Waals surface area (Å²) >= 11 is 0. The first-order valence-corrected chi connectivity index (χ1v) is 8.91. The van der Waals surface area contributed by atoms with Crippen molar-refractivity contribution < 1.29 is 9.53 Å². The van der Waals surface area contributed by atoms with Crippen molar-refractivity contribution in [1.82, 2.24) is 14.8 Å². The van der Waals surface area contributed by atoms with Crippen LogP contribution in [0.2, 0.25) is 0 Å². The van der Waals surface area contributed by atoms with Gasteiger partial charge in [-0.1, -0.05) is 12.1 Å². The van der Waals surface area contributed by atoms with Gasteiger partial charge in [-0.05, 0) is 44.4 Å². The normalized spacial score (nSPS) is 13.9. The second-order valence-corrected chi connectivity index (χ2v) is 6.85. The van der Waals surface area contributed by atoms with Gasteiger partial charge in [-0.3, -0.25) is 4.79 Å². The average molecular weight is 350 g/mol. The van der Waals surface area contributed by atoms with E-state index in [1.165, 1.54) is 0 Å². The summed E-state index contributed by atoms with van der Waals surface area (Å²) in [5.74, 6) is 0.680. The van der Waals surface area contributed by atoms with Crippen LogP contribution in [0.4, 0.5) is 5.69 Å². The van der Waals surface area contributed by atoms with E-state index < -0.39 is 0 Å². The Bertz CT molecular complexity index is 963. The molecule has 2 aromatic heterocycles. The third-order valence-corrected chi connectivity index (χ3v) is 4.81. The van der Waals surface area contributed by atoms with Crippen molar-refractivity contribution in [2.24, 2.45) is 0 Å². The van der Waals surface area contributed by atoms with Gasteiger partial charge in [0.15, 0.2) is 5.65 Å². The molecule has 0 spiro atoms. The molecule has 26 heavy (non-hydrogen) atoms. The molecule has 0 unspecified atom stereocenters. The predicted molar refractivity (Wildman–Crippen MR) is 101 cm³/mol.